The highest BCUT2D eigenvalue weighted by Crippen LogP contribution is 2.34. The molecule has 1 fully saturated rings. The third-order valence-corrected chi connectivity index (χ3v) is 2.22. The van der Waals surface area contributed by atoms with Crippen LogP contribution in [0, 0.1) is 5.92 Å². The molecule has 2 atom stereocenters. The van der Waals surface area contributed by atoms with Crippen LogP contribution in [0.1, 0.15) is 39.0 Å². The third kappa shape index (κ3) is 4.38. The highest BCUT2D eigenvalue weighted by atomic mass is 16.3. The van der Waals surface area contributed by atoms with Gasteiger partial charge in [-0.25, -0.2) is 0 Å². The fourth-order valence-electron chi connectivity index (χ4n) is 1.29. The molecule has 0 radical (unpaired) electrons. The first-order chi connectivity index (χ1) is 5.18. The van der Waals surface area contributed by atoms with Gasteiger partial charge in [-0.2, -0.15) is 0 Å². The van der Waals surface area contributed by atoms with E-state index in [9.17, 15) is 5.11 Å². The fourth-order valence-corrected chi connectivity index (χ4v) is 1.29. The van der Waals surface area contributed by atoms with Crippen molar-refractivity contribution in [3.05, 3.63) is 0 Å². The second-order valence-electron chi connectivity index (χ2n) is 3.76. The van der Waals surface area contributed by atoms with E-state index in [1.807, 2.05) is 0 Å². The van der Waals surface area contributed by atoms with Crippen LogP contribution >= 0.6 is 0 Å². The summed E-state index contributed by atoms with van der Waals surface area (Å²) in [5, 5.41) is 18.3. The minimum Gasteiger partial charge on any atom is -0.393 e. The van der Waals surface area contributed by atoms with Crippen molar-refractivity contribution in [2.45, 2.75) is 51.2 Å². The number of aliphatic hydroxyl groups excluding tert-OH is 2. The van der Waals surface area contributed by atoms with Crippen molar-refractivity contribution in [2.75, 3.05) is 0 Å². The summed E-state index contributed by atoms with van der Waals surface area (Å²) in [5.74, 6) is 0.791. The summed E-state index contributed by atoms with van der Waals surface area (Å²) < 4.78 is 0. The maximum absolute atomic E-state index is 9.40. The Morgan fingerprint density at radius 1 is 1.27 bits per heavy atom. The van der Waals surface area contributed by atoms with Gasteiger partial charge in [0.15, 0.2) is 0 Å². The minimum absolute atomic E-state index is 0.169. The molecule has 0 aromatic rings. The lowest BCUT2D eigenvalue weighted by Gasteiger charge is -2.10. The van der Waals surface area contributed by atoms with E-state index in [4.69, 9.17) is 5.11 Å². The first kappa shape index (κ1) is 9.01. The van der Waals surface area contributed by atoms with E-state index in [-0.39, 0.29) is 12.2 Å². The Kier molecular flexibility index (Phi) is 3.34. The summed E-state index contributed by atoms with van der Waals surface area (Å²) in [6, 6.07) is 0. The molecular weight excluding hydrogens is 140 g/mol. The van der Waals surface area contributed by atoms with E-state index in [1.165, 1.54) is 12.8 Å². The van der Waals surface area contributed by atoms with Gasteiger partial charge in [0, 0.05) is 0 Å². The molecule has 2 N–H and O–H groups in total. The van der Waals surface area contributed by atoms with Gasteiger partial charge in [-0.1, -0.05) is 12.8 Å². The van der Waals surface area contributed by atoms with Crippen molar-refractivity contribution in [1.82, 2.24) is 0 Å². The van der Waals surface area contributed by atoms with Gasteiger partial charge in [0.05, 0.1) is 12.2 Å². The Balaban J connectivity index is 1.95. The molecule has 2 nitrogen and oxygen atoms in total. The highest BCUT2D eigenvalue weighted by Gasteiger charge is 2.24. The quantitative estimate of drug-likeness (QED) is 0.633. The predicted octanol–water partition coefficient (Wildman–Crippen LogP) is 1.31. The molecule has 0 bridgehead atoms. The maximum Gasteiger partial charge on any atom is 0.0543 e. The van der Waals surface area contributed by atoms with Crippen LogP contribution in [0.15, 0.2) is 0 Å². The molecule has 1 aliphatic rings. The van der Waals surface area contributed by atoms with Gasteiger partial charge in [0.2, 0.25) is 0 Å². The van der Waals surface area contributed by atoms with Gasteiger partial charge in [-0.3, -0.25) is 0 Å². The van der Waals surface area contributed by atoms with Gasteiger partial charge in [-0.15, -0.1) is 0 Å². The van der Waals surface area contributed by atoms with Crippen LogP contribution < -0.4 is 0 Å². The van der Waals surface area contributed by atoms with Crippen LogP contribution in [-0.4, -0.2) is 22.4 Å². The smallest absolute Gasteiger partial charge is 0.0543 e. The van der Waals surface area contributed by atoms with Crippen molar-refractivity contribution in [2.24, 2.45) is 5.92 Å². The summed E-state index contributed by atoms with van der Waals surface area (Å²) in [6.45, 7) is 1.77. The summed E-state index contributed by atoms with van der Waals surface area (Å²) >= 11 is 0. The molecule has 2 unspecified atom stereocenters. The number of hydrogen-bond donors (Lipinski definition) is 2. The lowest BCUT2D eigenvalue weighted by atomic mass is 10.1. The average Bonchev–Trinajstić information content (AvgIpc) is 2.67. The predicted molar refractivity (Wildman–Crippen MR) is 44.3 cm³/mol. The number of hydrogen-bond acceptors (Lipinski definition) is 2. The third-order valence-electron chi connectivity index (χ3n) is 2.22. The average molecular weight is 158 g/mol. The first-order valence-electron chi connectivity index (χ1n) is 4.54. The molecule has 66 valence electrons. The Labute approximate surface area is 68.2 Å². The lowest BCUT2D eigenvalue weighted by Crippen LogP contribution is -2.11. The standard InChI is InChI=1S/C9H18O2/c1-7(10)2-5-9(11)6-8-3-4-8/h7-11H,2-6H2,1H3. The molecule has 11 heavy (non-hydrogen) atoms. The van der Waals surface area contributed by atoms with E-state index in [0.717, 1.165) is 25.2 Å². The van der Waals surface area contributed by atoms with Gasteiger partial charge >= 0.3 is 0 Å². The molecule has 0 aromatic heterocycles. The highest BCUT2D eigenvalue weighted by molar-refractivity contribution is 4.76. The van der Waals surface area contributed by atoms with Crippen molar-refractivity contribution >= 4 is 0 Å². The number of rotatable bonds is 5. The van der Waals surface area contributed by atoms with Gasteiger partial charge in [-0.05, 0) is 32.1 Å². The maximum atomic E-state index is 9.40. The molecule has 0 heterocycles. The van der Waals surface area contributed by atoms with Gasteiger partial charge < -0.3 is 10.2 Å². The molecule has 1 aliphatic carbocycles. The van der Waals surface area contributed by atoms with Crippen molar-refractivity contribution in [3.63, 3.8) is 0 Å². The SMILES string of the molecule is CC(O)CCC(O)CC1CC1. The molecule has 1 saturated carbocycles. The zero-order valence-corrected chi connectivity index (χ0v) is 7.16. The second kappa shape index (κ2) is 4.07. The second-order valence-corrected chi connectivity index (χ2v) is 3.76. The molecule has 0 saturated heterocycles. The molecule has 0 aromatic carbocycles. The molecular formula is C9H18O2. The summed E-state index contributed by atoms with van der Waals surface area (Å²) in [7, 11) is 0. The topological polar surface area (TPSA) is 40.5 Å². The summed E-state index contributed by atoms with van der Waals surface area (Å²) in [6.07, 6.45) is 4.60. The van der Waals surface area contributed by atoms with Crippen LogP contribution in [-0.2, 0) is 0 Å². The van der Waals surface area contributed by atoms with E-state index in [0.29, 0.717) is 0 Å². The van der Waals surface area contributed by atoms with Crippen molar-refractivity contribution in [3.8, 4) is 0 Å². The van der Waals surface area contributed by atoms with Gasteiger partial charge in [0.1, 0.15) is 0 Å². The zero-order chi connectivity index (χ0) is 8.27. The van der Waals surface area contributed by atoms with E-state index in [1.54, 1.807) is 6.92 Å². The van der Waals surface area contributed by atoms with E-state index >= 15 is 0 Å². The van der Waals surface area contributed by atoms with E-state index in [2.05, 4.69) is 0 Å². The Morgan fingerprint density at radius 3 is 2.36 bits per heavy atom. The molecule has 0 spiro atoms. The largest absolute Gasteiger partial charge is 0.393 e. The van der Waals surface area contributed by atoms with Crippen LogP contribution in [0.3, 0.4) is 0 Å². The van der Waals surface area contributed by atoms with Crippen LogP contribution in [0.5, 0.6) is 0 Å². The lowest BCUT2D eigenvalue weighted by molar-refractivity contribution is 0.113. The monoisotopic (exact) mass is 158 g/mol. The Morgan fingerprint density at radius 2 is 1.91 bits per heavy atom. The van der Waals surface area contributed by atoms with Gasteiger partial charge in [0.25, 0.3) is 0 Å². The van der Waals surface area contributed by atoms with Crippen molar-refractivity contribution < 1.29 is 10.2 Å². The fraction of sp³-hybridized carbons (Fsp3) is 1.00. The zero-order valence-electron chi connectivity index (χ0n) is 7.16. The van der Waals surface area contributed by atoms with Crippen LogP contribution in [0.2, 0.25) is 0 Å². The molecule has 1 rings (SSSR count). The Hall–Kier alpha value is -0.0800. The Bertz CT molecular complexity index is 108. The van der Waals surface area contributed by atoms with Crippen molar-refractivity contribution in [1.29, 1.82) is 0 Å². The van der Waals surface area contributed by atoms with Crippen LogP contribution in [0.4, 0.5) is 0 Å². The minimum atomic E-state index is -0.260. The normalized spacial score (nSPS) is 23.2. The summed E-state index contributed by atoms with van der Waals surface area (Å²) in [4.78, 5) is 0. The first-order valence-corrected chi connectivity index (χ1v) is 4.54. The molecule has 0 aliphatic heterocycles. The van der Waals surface area contributed by atoms with E-state index < -0.39 is 0 Å². The summed E-state index contributed by atoms with van der Waals surface area (Å²) in [5.41, 5.74) is 0. The molecule has 2 heteroatoms. The number of aliphatic hydroxyl groups is 2. The van der Waals surface area contributed by atoms with Crippen LogP contribution in [0.25, 0.3) is 0 Å². The molecule has 0 amide bonds.